The highest BCUT2D eigenvalue weighted by Gasteiger charge is 2.19. The number of amides is 1. The lowest BCUT2D eigenvalue weighted by Gasteiger charge is -2.11. The number of hydrogen-bond acceptors (Lipinski definition) is 4. The van der Waals surface area contributed by atoms with Crippen molar-refractivity contribution in [2.45, 2.75) is 31.4 Å². The van der Waals surface area contributed by atoms with Crippen molar-refractivity contribution in [2.24, 2.45) is 5.73 Å². The average molecular weight is 216 g/mol. The highest BCUT2D eigenvalue weighted by molar-refractivity contribution is 5.84. The van der Waals surface area contributed by atoms with Gasteiger partial charge in [-0.3, -0.25) is 9.59 Å². The molecule has 0 bridgehead atoms. The van der Waals surface area contributed by atoms with Gasteiger partial charge in [0.15, 0.2) is 0 Å². The average Bonchev–Trinajstić information content (AvgIpc) is 2.66. The van der Waals surface area contributed by atoms with Crippen molar-refractivity contribution in [3.05, 3.63) is 0 Å². The van der Waals surface area contributed by atoms with Crippen molar-refractivity contribution >= 4 is 11.9 Å². The van der Waals surface area contributed by atoms with Gasteiger partial charge in [0, 0.05) is 13.2 Å². The van der Waals surface area contributed by atoms with Gasteiger partial charge in [0.25, 0.3) is 0 Å². The second-order valence-corrected chi connectivity index (χ2v) is 3.59. The molecule has 0 aliphatic carbocycles. The summed E-state index contributed by atoms with van der Waals surface area (Å²) >= 11 is 0. The molecule has 2 unspecified atom stereocenters. The summed E-state index contributed by atoms with van der Waals surface area (Å²) in [5.74, 6) is -1.51. The zero-order chi connectivity index (χ0) is 11.3. The largest absolute Gasteiger partial charge is 0.480 e. The van der Waals surface area contributed by atoms with E-state index in [0.717, 1.165) is 19.4 Å². The molecule has 0 spiro atoms. The van der Waals surface area contributed by atoms with Crippen molar-refractivity contribution in [1.29, 1.82) is 0 Å². The second-order valence-electron chi connectivity index (χ2n) is 3.59. The maximum atomic E-state index is 11.2. The van der Waals surface area contributed by atoms with Gasteiger partial charge in [0.05, 0.1) is 12.5 Å². The number of rotatable bonds is 5. The Morgan fingerprint density at radius 2 is 2.33 bits per heavy atom. The molecule has 1 aliphatic heterocycles. The summed E-state index contributed by atoms with van der Waals surface area (Å²) in [5.41, 5.74) is 5.21. The molecule has 6 nitrogen and oxygen atoms in total. The third-order valence-electron chi connectivity index (χ3n) is 2.27. The van der Waals surface area contributed by atoms with E-state index in [4.69, 9.17) is 15.6 Å². The number of carboxylic acid groups (broad SMARTS) is 1. The van der Waals surface area contributed by atoms with Gasteiger partial charge < -0.3 is 20.9 Å². The Kier molecular flexibility index (Phi) is 4.51. The summed E-state index contributed by atoms with van der Waals surface area (Å²) in [6, 6.07) is -1.13. The summed E-state index contributed by atoms with van der Waals surface area (Å²) in [7, 11) is 0. The standard InChI is InChI=1S/C9H16N2O4/c10-7(9(13)14)4-8(12)11-5-6-2-1-3-15-6/h6-7H,1-5,10H2,(H,11,12)(H,13,14). The summed E-state index contributed by atoms with van der Waals surface area (Å²) in [6.07, 6.45) is 1.82. The first-order valence-corrected chi connectivity index (χ1v) is 4.96. The maximum Gasteiger partial charge on any atom is 0.321 e. The Hall–Kier alpha value is -1.14. The molecule has 1 amide bonds. The number of aliphatic carboxylic acids is 1. The highest BCUT2D eigenvalue weighted by atomic mass is 16.5. The van der Waals surface area contributed by atoms with Gasteiger partial charge in [0.1, 0.15) is 6.04 Å². The normalized spacial score (nSPS) is 22.3. The fourth-order valence-electron chi connectivity index (χ4n) is 1.39. The van der Waals surface area contributed by atoms with Crippen molar-refractivity contribution in [3.63, 3.8) is 0 Å². The van der Waals surface area contributed by atoms with Crippen LogP contribution in [-0.2, 0) is 14.3 Å². The first-order chi connectivity index (χ1) is 7.09. The van der Waals surface area contributed by atoms with E-state index in [-0.39, 0.29) is 18.4 Å². The van der Waals surface area contributed by atoms with Crippen LogP contribution in [0.5, 0.6) is 0 Å². The van der Waals surface area contributed by atoms with Gasteiger partial charge in [-0.15, -0.1) is 0 Å². The number of nitrogens with two attached hydrogens (primary N) is 1. The predicted octanol–water partition coefficient (Wildman–Crippen LogP) is -0.916. The quantitative estimate of drug-likeness (QED) is 0.552. The highest BCUT2D eigenvalue weighted by Crippen LogP contribution is 2.10. The van der Waals surface area contributed by atoms with Crippen LogP contribution in [0.25, 0.3) is 0 Å². The molecular formula is C9H16N2O4. The van der Waals surface area contributed by atoms with Crippen molar-refractivity contribution in [3.8, 4) is 0 Å². The van der Waals surface area contributed by atoms with Gasteiger partial charge in [-0.25, -0.2) is 0 Å². The van der Waals surface area contributed by atoms with Crippen molar-refractivity contribution in [1.82, 2.24) is 5.32 Å². The number of hydrogen-bond donors (Lipinski definition) is 3. The van der Waals surface area contributed by atoms with E-state index in [0.29, 0.717) is 6.54 Å². The van der Waals surface area contributed by atoms with Gasteiger partial charge in [-0.05, 0) is 12.8 Å². The Labute approximate surface area is 87.8 Å². The van der Waals surface area contributed by atoms with E-state index < -0.39 is 12.0 Å². The molecule has 1 heterocycles. The molecule has 15 heavy (non-hydrogen) atoms. The summed E-state index contributed by atoms with van der Waals surface area (Å²) < 4.78 is 5.29. The molecule has 2 atom stereocenters. The van der Waals surface area contributed by atoms with Crippen LogP contribution in [0.15, 0.2) is 0 Å². The molecule has 1 aliphatic rings. The first-order valence-electron chi connectivity index (χ1n) is 4.96. The molecule has 4 N–H and O–H groups in total. The Morgan fingerprint density at radius 1 is 1.60 bits per heavy atom. The summed E-state index contributed by atoms with van der Waals surface area (Å²) in [6.45, 7) is 1.17. The van der Waals surface area contributed by atoms with Crippen LogP contribution in [0.1, 0.15) is 19.3 Å². The summed E-state index contributed by atoms with van der Waals surface area (Å²) in [5, 5.41) is 11.1. The van der Waals surface area contributed by atoms with E-state index in [1.807, 2.05) is 0 Å². The van der Waals surface area contributed by atoms with Crippen LogP contribution in [0.2, 0.25) is 0 Å². The molecule has 1 rings (SSSR count). The Bertz CT molecular complexity index is 238. The predicted molar refractivity (Wildman–Crippen MR) is 52.2 cm³/mol. The zero-order valence-electron chi connectivity index (χ0n) is 8.44. The number of carbonyl (C=O) groups excluding carboxylic acids is 1. The van der Waals surface area contributed by atoms with Gasteiger partial charge >= 0.3 is 5.97 Å². The monoisotopic (exact) mass is 216 g/mol. The maximum absolute atomic E-state index is 11.2. The fourth-order valence-corrected chi connectivity index (χ4v) is 1.39. The lowest BCUT2D eigenvalue weighted by Crippen LogP contribution is -2.39. The fraction of sp³-hybridized carbons (Fsp3) is 0.778. The molecule has 0 radical (unpaired) electrons. The lowest BCUT2D eigenvalue weighted by atomic mass is 10.2. The lowest BCUT2D eigenvalue weighted by molar-refractivity contribution is -0.140. The van der Waals surface area contributed by atoms with E-state index in [9.17, 15) is 9.59 Å². The third kappa shape index (κ3) is 4.26. The summed E-state index contributed by atoms with van der Waals surface area (Å²) in [4.78, 5) is 21.6. The van der Waals surface area contributed by atoms with E-state index in [2.05, 4.69) is 5.32 Å². The molecule has 0 aromatic rings. The van der Waals surface area contributed by atoms with Crippen LogP contribution in [0.3, 0.4) is 0 Å². The minimum Gasteiger partial charge on any atom is -0.480 e. The third-order valence-corrected chi connectivity index (χ3v) is 2.27. The molecule has 0 aromatic carbocycles. The van der Waals surface area contributed by atoms with Crippen molar-refractivity contribution in [2.75, 3.05) is 13.2 Å². The smallest absolute Gasteiger partial charge is 0.321 e. The van der Waals surface area contributed by atoms with Crippen LogP contribution in [0.4, 0.5) is 0 Å². The first kappa shape index (κ1) is 11.9. The minimum atomic E-state index is -1.16. The van der Waals surface area contributed by atoms with E-state index in [1.165, 1.54) is 0 Å². The minimum absolute atomic E-state index is 0.0648. The second kappa shape index (κ2) is 5.67. The van der Waals surface area contributed by atoms with Crippen LogP contribution >= 0.6 is 0 Å². The van der Waals surface area contributed by atoms with E-state index >= 15 is 0 Å². The van der Waals surface area contributed by atoms with Crippen molar-refractivity contribution < 1.29 is 19.4 Å². The van der Waals surface area contributed by atoms with Crippen LogP contribution < -0.4 is 11.1 Å². The molecule has 1 fully saturated rings. The van der Waals surface area contributed by atoms with E-state index in [1.54, 1.807) is 0 Å². The number of ether oxygens (including phenoxy) is 1. The Morgan fingerprint density at radius 3 is 2.87 bits per heavy atom. The van der Waals surface area contributed by atoms with Gasteiger partial charge in [-0.1, -0.05) is 0 Å². The molecular weight excluding hydrogens is 200 g/mol. The van der Waals surface area contributed by atoms with Crippen LogP contribution in [-0.4, -0.2) is 42.3 Å². The Balaban J connectivity index is 2.15. The number of carboxylic acids is 1. The SMILES string of the molecule is NC(CC(=O)NCC1CCCO1)C(=O)O. The molecule has 6 heteroatoms. The molecule has 0 aromatic heterocycles. The van der Waals surface area contributed by atoms with Crippen LogP contribution in [0, 0.1) is 0 Å². The molecule has 1 saturated heterocycles. The van der Waals surface area contributed by atoms with Gasteiger partial charge in [0.2, 0.25) is 5.91 Å². The number of carbonyl (C=O) groups is 2. The van der Waals surface area contributed by atoms with Gasteiger partial charge in [-0.2, -0.15) is 0 Å². The molecule has 0 saturated carbocycles. The number of nitrogens with one attached hydrogen (secondary N) is 1. The topological polar surface area (TPSA) is 102 Å². The zero-order valence-corrected chi connectivity index (χ0v) is 8.44. The molecule has 86 valence electrons.